The maximum absolute atomic E-state index is 4.30. The lowest BCUT2D eigenvalue weighted by atomic mass is 10.3. The molecule has 0 bridgehead atoms. The fourth-order valence-electron chi connectivity index (χ4n) is 2.05. The largest absolute Gasteiger partial charge is 0.310 e. The van der Waals surface area contributed by atoms with E-state index >= 15 is 0 Å². The van der Waals surface area contributed by atoms with Crippen molar-refractivity contribution in [2.75, 3.05) is 31.9 Å². The minimum absolute atomic E-state index is 0.791. The molecule has 0 aliphatic carbocycles. The van der Waals surface area contributed by atoms with Crippen LogP contribution in [0.5, 0.6) is 0 Å². The van der Waals surface area contributed by atoms with Gasteiger partial charge < -0.3 is 10.2 Å². The van der Waals surface area contributed by atoms with Crippen molar-refractivity contribution in [2.45, 2.75) is 18.7 Å². The number of hydrogen-bond donors (Lipinski definition) is 1. The predicted molar refractivity (Wildman–Crippen MR) is 74.3 cm³/mol. The minimum Gasteiger partial charge on any atom is -0.310 e. The van der Waals surface area contributed by atoms with Crippen molar-refractivity contribution < 1.29 is 0 Å². The summed E-state index contributed by atoms with van der Waals surface area (Å²) in [7, 11) is 0. The number of aromatic nitrogens is 1. The van der Waals surface area contributed by atoms with Crippen molar-refractivity contribution in [2.24, 2.45) is 0 Å². The van der Waals surface area contributed by atoms with Gasteiger partial charge in [0.25, 0.3) is 0 Å². The van der Waals surface area contributed by atoms with Crippen LogP contribution in [0.1, 0.15) is 12.6 Å². The van der Waals surface area contributed by atoms with Gasteiger partial charge in [0.1, 0.15) is 0 Å². The van der Waals surface area contributed by atoms with E-state index in [0.29, 0.717) is 0 Å². The molecule has 0 saturated carbocycles. The van der Waals surface area contributed by atoms with Crippen LogP contribution in [0.4, 0.5) is 0 Å². The highest BCUT2D eigenvalue weighted by Crippen LogP contribution is 2.16. The second-order valence-electron chi connectivity index (χ2n) is 4.48. The molecule has 1 fully saturated rings. The Morgan fingerprint density at radius 2 is 2.47 bits per heavy atom. The van der Waals surface area contributed by atoms with Crippen LogP contribution in [0.2, 0.25) is 0 Å². The van der Waals surface area contributed by atoms with Gasteiger partial charge in [0, 0.05) is 49.9 Å². The predicted octanol–water partition coefficient (Wildman–Crippen LogP) is 1.61. The van der Waals surface area contributed by atoms with Crippen LogP contribution < -0.4 is 5.32 Å². The van der Waals surface area contributed by atoms with E-state index in [-0.39, 0.29) is 0 Å². The van der Waals surface area contributed by atoms with E-state index in [4.69, 9.17) is 0 Å². The molecule has 1 atom stereocenters. The molecule has 0 aromatic carbocycles. The number of thioether (sulfide) groups is 1. The summed E-state index contributed by atoms with van der Waals surface area (Å²) >= 11 is 2.09. The van der Waals surface area contributed by atoms with E-state index in [1.54, 1.807) is 0 Å². The number of nitrogens with zero attached hydrogens (tertiary/aromatic N) is 2. The maximum atomic E-state index is 4.30. The molecule has 1 N–H and O–H groups in total. The molecule has 0 radical (unpaired) electrons. The van der Waals surface area contributed by atoms with Gasteiger partial charge in [-0.15, -0.1) is 0 Å². The third-order valence-corrected chi connectivity index (χ3v) is 4.10. The minimum atomic E-state index is 0.791. The molecule has 17 heavy (non-hydrogen) atoms. The molecule has 2 heterocycles. The smallest absolute Gasteiger partial charge is 0.0541 e. The summed E-state index contributed by atoms with van der Waals surface area (Å²) in [5, 5.41) is 4.24. The molecule has 0 spiro atoms. The Bertz CT molecular complexity index is 318. The van der Waals surface area contributed by atoms with Crippen molar-refractivity contribution in [1.29, 1.82) is 0 Å². The molecule has 2 rings (SSSR count). The Kier molecular flexibility index (Phi) is 5.29. The highest BCUT2D eigenvalue weighted by Gasteiger charge is 2.15. The molecule has 1 saturated heterocycles. The van der Waals surface area contributed by atoms with Crippen LogP contribution in [0.25, 0.3) is 0 Å². The first-order valence-corrected chi connectivity index (χ1v) is 7.34. The Hall–Kier alpha value is -0.580. The molecule has 1 aliphatic heterocycles. The van der Waals surface area contributed by atoms with Crippen LogP contribution in [0.15, 0.2) is 24.4 Å². The van der Waals surface area contributed by atoms with E-state index in [0.717, 1.165) is 30.6 Å². The van der Waals surface area contributed by atoms with Crippen molar-refractivity contribution >= 4 is 11.8 Å². The fourth-order valence-corrected chi connectivity index (χ4v) is 3.13. The molecule has 3 nitrogen and oxygen atoms in total. The van der Waals surface area contributed by atoms with Gasteiger partial charge in [-0.3, -0.25) is 4.98 Å². The third kappa shape index (κ3) is 4.66. The zero-order valence-corrected chi connectivity index (χ0v) is 11.2. The molecule has 1 aliphatic rings. The van der Waals surface area contributed by atoms with Crippen molar-refractivity contribution in [3.8, 4) is 0 Å². The Labute approximate surface area is 108 Å². The highest BCUT2D eigenvalue weighted by atomic mass is 32.2. The number of hydrogen-bond acceptors (Lipinski definition) is 4. The van der Waals surface area contributed by atoms with E-state index in [1.807, 2.05) is 18.3 Å². The van der Waals surface area contributed by atoms with Gasteiger partial charge in [0.2, 0.25) is 0 Å². The average molecular weight is 251 g/mol. The number of rotatable bonds is 5. The Morgan fingerprint density at radius 3 is 3.24 bits per heavy atom. The molecule has 4 heteroatoms. The Morgan fingerprint density at radius 1 is 1.53 bits per heavy atom. The van der Waals surface area contributed by atoms with E-state index < -0.39 is 0 Å². The quantitative estimate of drug-likeness (QED) is 0.805. The van der Waals surface area contributed by atoms with Crippen LogP contribution in [-0.2, 0) is 6.54 Å². The summed E-state index contributed by atoms with van der Waals surface area (Å²) in [4.78, 5) is 6.84. The zero-order chi connectivity index (χ0) is 11.9. The molecular weight excluding hydrogens is 230 g/mol. The molecule has 1 aromatic heterocycles. The fraction of sp³-hybridized carbons (Fsp3) is 0.615. The summed E-state index contributed by atoms with van der Waals surface area (Å²) in [5.41, 5.74) is 1.12. The average Bonchev–Trinajstić information content (AvgIpc) is 2.36. The van der Waals surface area contributed by atoms with Crippen LogP contribution in [-0.4, -0.2) is 47.1 Å². The number of pyridine rings is 1. The van der Waals surface area contributed by atoms with E-state index in [9.17, 15) is 0 Å². The van der Waals surface area contributed by atoms with E-state index in [2.05, 4.69) is 40.0 Å². The third-order valence-electron chi connectivity index (χ3n) is 2.96. The first-order valence-electron chi connectivity index (χ1n) is 6.29. The van der Waals surface area contributed by atoms with Crippen molar-refractivity contribution in [3.63, 3.8) is 0 Å². The summed E-state index contributed by atoms with van der Waals surface area (Å²) in [6.07, 6.45) is 1.85. The second kappa shape index (κ2) is 6.99. The zero-order valence-electron chi connectivity index (χ0n) is 10.4. The first kappa shape index (κ1) is 12.9. The lowest BCUT2D eigenvalue weighted by Gasteiger charge is -2.30. The van der Waals surface area contributed by atoms with Gasteiger partial charge in [-0.2, -0.15) is 11.8 Å². The summed E-state index contributed by atoms with van der Waals surface area (Å²) in [6.45, 7) is 7.86. The topological polar surface area (TPSA) is 28.2 Å². The summed E-state index contributed by atoms with van der Waals surface area (Å²) in [6, 6.07) is 6.05. The van der Waals surface area contributed by atoms with Crippen molar-refractivity contribution in [3.05, 3.63) is 30.1 Å². The van der Waals surface area contributed by atoms with Gasteiger partial charge in [-0.05, 0) is 12.1 Å². The highest BCUT2D eigenvalue weighted by molar-refractivity contribution is 7.99. The standard InChI is InChI=1S/C13H21N3S/c1-12-11-16(8-9-17-12)7-6-14-10-13-4-2-3-5-15-13/h2-5,12,14H,6-11H2,1H3. The van der Waals surface area contributed by atoms with Crippen molar-refractivity contribution in [1.82, 2.24) is 15.2 Å². The van der Waals surface area contributed by atoms with Crippen LogP contribution >= 0.6 is 11.8 Å². The van der Waals surface area contributed by atoms with E-state index in [1.165, 1.54) is 18.8 Å². The monoisotopic (exact) mass is 251 g/mol. The normalized spacial score (nSPS) is 21.6. The van der Waals surface area contributed by atoms with Gasteiger partial charge in [-0.1, -0.05) is 13.0 Å². The first-order chi connectivity index (χ1) is 8.34. The molecule has 94 valence electrons. The lowest BCUT2D eigenvalue weighted by Crippen LogP contribution is -2.40. The van der Waals surface area contributed by atoms with Crippen LogP contribution in [0.3, 0.4) is 0 Å². The second-order valence-corrected chi connectivity index (χ2v) is 6.03. The molecule has 1 unspecified atom stereocenters. The summed E-state index contributed by atoms with van der Waals surface area (Å²) in [5.74, 6) is 1.28. The number of nitrogens with one attached hydrogen (secondary N) is 1. The van der Waals surface area contributed by atoms with Gasteiger partial charge in [-0.25, -0.2) is 0 Å². The van der Waals surface area contributed by atoms with Gasteiger partial charge in [0.15, 0.2) is 0 Å². The van der Waals surface area contributed by atoms with Crippen LogP contribution in [0, 0.1) is 0 Å². The van der Waals surface area contributed by atoms with Gasteiger partial charge >= 0.3 is 0 Å². The van der Waals surface area contributed by atoms with Gasteiger partial charge in [0.05, 0.1) is 5.69 Å². The lowest BCUT2D eigenvalue weighted by molar-refractivity contribution is 0.285. The summed E-state index contributed by atoms with van der Waals surface area (Å²) < 4.78 is 0. The SMILES string of the molecule is CC1CN(CCNCc2ccccn2)CCS1. The molecule has 0 amide bonds. The maximum Gasteiger partial charge on any atom is 0.0541 e. The molecule has 1 aromatic rings. The molecular formula is C13H21N3S. The Balaban J connectivity index is 1.60.